The van der Waals surface area contributed by atoms with Crippen molar-refractivity contribution in [3.8, 4) is 0 Å². The predicted octanol–water partition coefficient (Wildman–Crippen LogP) is 4.01. The Morgan fingerprint density at radius 3 is 2.59 bits per heavy atom. The van der Waals surface area contributed by atoms with Crippen molar-refractivity contribution in [3.05, 3.63) is 71.8 Å². The third-order valence-corrected chi connectivity index (χ3v) is 4.43. The van der Waals surface area contributed by atoms with Crippen molar-refractivity contribution < 1.29 is 0 Å². The van der Waals surface area contributed by atoms with Gasteiger partial charge in [0.05, 0.1) is 11.7 Å². The first-order valence-corrected chi connectivity index (χ1v) is 8.23. The van der Waals surface area contributed by atoms with Crippen LogP contribution in [0.2, 0.25) is 0 Å². The molecule has 0 amide bonds. The molecular weight excluding hydrogens is 292 g/mol. The third kappa shape index (κ3) is 2.85. The smallest absolute Gasteiger partial charge is 0.203 e. The number of rotatable bonds is 5. The minimum atomic E-state index is -0.0117. The Morgan fingerprint density at radius 1 is 1.05 bits per heavy atom. The zero-order valence-electron chi connectivity index (χ0n) is 12.0. The van der Waals surface area contributed by atoms with Gasteiger partial charge < -0.3 is 5.32 Å². The lowest BCUT2D eigenvalue weighted by Gasteiger charge is -2.17. The van der Waals surface area contributed by atoms with Crippen LogP contribution in [0.5, 0.6) is 0 Å². The molecule has 1 N–H and O–H groups in total. The third-order valence-electron chi connectivity index (χ3n) is 3.77. The molecule has 1 atom stereocenters. The van der Waals surface area contributed by atoms with Crippen LogP contribution >= 0.6 is 11.5 Å². The number of anilines is 1. The van der Waals surface area contributed by atoms with E-state index in [1.807, 2.05) is 42.6 Å². The van der Waals surface area contributed by atoms with E-state index in [9.17, 15) is 0 Å². The van der Waals surface area contributed by atoms with Gasteiger partial charge in [-0.1, -0.05) is 36.4 Å². The van der Waals surface area contributed by atoms with E-state index in [4.69, 9.17) is 0 Å². The van der Waals surface area contributed by atoms with Gasteiger partial charge in [0.25, 0.3) is 0 Å². The summed E-state index contributed by atoms with van der Waals surface area (Å²) in [6, 6.07) is 16.3. The van der Waals surface area contributed by atoms with E-state index in [0.717, 1.165) is 16.6 Å². The topological polar surface area (TPSA) is 50.7 Å². The molecule has 0 saturated heterocycles. The van der Waals surface area contributed by atoms with Crippen molar-refractivity contribution in [1.29, 1.82) is 0 Å². The molecule has 3 aromatic rings. The molecule has 22 heavy (non-hydrogen) atoms. The molecule has 0 aliphatic heterocycles. The molecule has 2 heterocycles. The fourth-order valence-corrected chi connectivity index (χ4v) is 3.12. The summed E-state index contributed by atoms with van der Waals surface area (Å²) in [5.74, 6) is 1.57. The van der Waals surface area contributed by atoms with Crippen molar-refractivity contribution in [2.75, 3.05) is 5.32 Å². The second-order valence-corrected chi connectivity index (χ2v) is 6.23. The molecule has 0 radical (unpaired) electrons. The number of aromatic nitrogens is 3. The van der Waals surface area contributed by atoms with Crippen LogP contribution < -0.4 is 5.32 Å². The highest BCUT2D eigenvalue weighted by atomic mass is 32.1. The number of hydrogen-bond donors (Lipinski definition) is 1. The highest BCUT2D eigenvalue weighted by Crippen LogP contribution is 2.39. The first kappa shape index (κ1) is 13.4. The molecular formula is C17H16N4S. The maximum Gasteiger partial charge on any atom is 0.203 e. The summed E-state index contributed by atoms with van der Waals surface area (Å²) >= 11 is 1.44. The van der Waals surface area contributed by atoms with E-state index in [1.54, 1.807) is 0 Å². The van der Waals surface area contributed by atoms with Crippen LogP contribution in [0.4, 0.5) is 5.13 Å². The summed E-state index contributed by atoms with van der Waals surface area (Å²) in [7, 11) is 0. The quantitative estimate of drug-likeness (QED) is 0.773. The Hall–Kier alpha value is -2.27. The van der Waals surface area contributed by atoms with Gasteiger partial charge in [0.1, 0.15) is 5.82 Å². The van der Waals surface area contributed by atoms with Crippen LogP contribution in [-0.4, -0.2) is 14.3 Å². The fraction of sp³-hybridized carbons (Fsp3) is 0.235. The molecule has 4 rings (SSSR count). The Balaban J connectivity index is 1.64. The van der Waals surface area contributed by atoms with Gasteiger partial charge in [-0.2, -0.15) is 4.37 Å². The Morgan fingerprint density at radius 2 is 1.86 bits per heavy atom. The number of nitrogens with one attached hydrogen (secondary N) is 1. The van der Waals surface area contributed by atoms with E-state index >= 15 is 0 Å². The number of benzene rings is 1. The highest BCUT2D eigenvalue weighted by molar-refractivity contribution is 7.09. The van der Waals surface area contributed by atoms with E-state index in [0.29, 0.717) is 5.92 Å². The molecule has 0 spiro atoms. The summed E-state index contributed by atoms with van der Waals surface area (Å²) in [4.78, 5) is 9.13. The van der Waals surface area contributed by atoms with Gasteiger partial charge in [-0.3, -0.25) is 4.98 Å². The lowest BCUT2D eigenvalue weighted by atomic mass is 10.0. The number of hydrogen-bond acceptors (Lipinski definition) is 5. The molecule has 1 fully saturated rings. The summed E-state index contributed by atoms with van der Waals surface area (Å²) in [5.41, 5.74) is 2.15. The molecule has 2 aromatic heterocycles. The van der Waals surface area contributed by atoms with Crippen LogP contribution in [0.25, 0.3) is 0 Å². The zero-order chi connectivity index (χ0) is 14.8. The van der Waals surface area contributed by atoms with Gasteiger partial charge in [0.15, 0.2) is 0 Å². The monoisotopic (exact) mass is 308 g/mol. The summed E-state index contributed by atoms with van der Waals surface area (Å²) in [5, 5.41) is 4.36. The van der Waals surface area contributed by atoms with Crippen LogP contribution in [0.3, 0.4) is 0 Å². The van der Waals surface area contributed by atoms with Crippen molar-refractivity contribution in [2.24, 2.45) is 0 Å². The standard InChI is InChI=1S/C17H16N4S/c1-2-6-12(7-3-1)15(14-8-4-5-11-18-14)19-17-20-16(21-22-17)13-9-10-13/h1-8,11,13,15H,9-10H2,(H,19,20,21). The zero-order valence-corrected chi connectivity index (χ0v) is 12.8. The molecule has 1 saturated carbocycles. The summed E-state index contributed by atoms with van der Waals surface area (Å²) in [6.07, 6.45) is 4.26. The maximum atomic E-state index is 4.63. The van der Waals surface area contributed by atoms with E-state index in [-0.39, 0.29) is 6.04 Å². The van der Waals surface area contributed by atoms with Gasteiger partial charge in [0, 0.05) is 23.6 Å². The second kappa shape index (κ2) is 5.85. The Bertz CT molecular complexity index is 698. The Kier molecular flexibility index (Phi) is 3.56. The van der Waals surface area contributed by atoms with E-state index in [1.165, 1.54) is 29.9 Å². The van der Waals surface area contributed by atoms with E-state index in [2.05, 4.69) is 31.8 Å². The first-order chi connectivity index (χ1) is 10.9. The summed E-state index contributed by atoms with van der Waals surface area (Å²) < 4.78 is 4.47. The van der Waals surface area contributed by atoms with Crippen molar-refractivity contribution >= 4 is 16.7 Å². The van der Waals surface area contributed by atoms with Gasteiger partial charge in [-0.15, -0.1) is 0 Å². The van der Waals surface area contributed by atoms with Crippen LogP contribution in [0, 0.1) is 0 Å². The molecule has 1 unspecified atom stereocenters. The van der Waals surface area contributed by atoms with Crippen molar-refractivity contribution in [3.63, 3.8) is 0 Å². The van der Waals surface area contributed by atoms with Gasteiger partial charge >= 0.3 is 0 Å². The van der Waals surface area contributed by atoms with Gasteiger partial charge in [-0.05, 0) is 30.5 Å². The molecule has 1 aliphatic rings. The van der Waals surface area contributed by atoms with E-state index < -0.39 is 0 Å². The first-order valence-electron chi connectivity index (χ1n) is 7.46. The molecule has 4 nitrogen and oxygen atoms in total. The average Bonchev–Trinajstić information content (AvgIpc) is 3.33. The Labute approximate surface area is 133 Å². The lowest BCUT2D eigenvalue weighted by molar-refractivity contribution is 0.878. The lowest BCUT2D eigenvalue weighted by Crippen LogP contribution is -2.13. The molecule has 1 aromatic carbocycles. The van der Waals surface area contributed by atoms with Crippen LogP contribution in [0.1, 0.15) is 41.9 Å². The minimum Gasteiger partial charge on any atom is -0.348 e. The van der Waals surface area contributed by atoms with Crippen LogP contribution in [-0.2, 0) is 0 Å². The predicted molar refractivity (Wildman–Crippen MR) is 88.0 cm³/mol. The largest absolute Gasteiger partial charge is 0.348 e. The van der Waals surface area contributed by atoms with Crippen molar-refractivity contribution in [1.82, 2.24) is 14.3 Å². The SMILES string of the molecule is c1ccc(C(Nc2nc(C3CC3)ns2)c2ccccn2)cc1. The second-order valence-electron chi connectivity index (χ2n) is 5.47. The molecule has 0 bridgehead atoms. The minimum absolute atomic E-state index is 0.0117. The molecule has 110 valence electrons. The van der Waals surface area contributed by atoms with Crippen LogP contribution in [0.15, 0.2) is 54.7 Å². The summed E-state index contributed by atoms with van der Waals surface area (Å²) in [6.45, 7) is 0. The normalized spacial score (nSPS) is 15.5. The number of pyridine rings is 1. The number of nitrogens with zero attached hydrogens (tertiary/aromatic N) is 3. The van der Waals surface area contributed by atoms with Gasteiger partial charge in [0.2, 0.25) is 5.13 Å². The molecule has 1 aliphatic carbocycles. The molecule has 5 heteroatoms. The van der Waals surface area contributed by atoms with Crippen molar-refractivity contribution in [2.45, 2.75) is 24.8 Å². The fourth-order valence-electron chi connectivity index (χ4n) is 2.44. The average molecular weight is 308 g/mol. The maximum absolute atomic E-state index is 4.63. The van der Waals surface area contributed by atoms with Gasteiger partial charge in [-0.25, -0.2) is 4.98 Å². The highest BCUT2D eigenvalue weighted by Gasteiger charge is 2.28.